The van der Waals surface area contributed by atoms with E-state index >= 15 is 0 Å². The molecule has 0 bridgehead atoms. The number of hydrogen-bond acceptors (Lipinski definition) is 3. The van der Waals surface area contributed by atoms with Gasteiger partial charge in [0.15, 0.2) is 0 Å². The fraction of sp³-hybridized carbons (Fsp3) is 1.00. The lowest BCUT2D eigenvalue weighted by Crippen LogP contribution is -2.36. The molecule has 3 heteroatoms. The predicted molar refractivity (Wildman–Crippen MR) is 62.0 cm³/mol. The first kappa shape index (κ1) is 12.9. The number of aliphatic hydroxyl groups excluding tert-OH is 1. The quantitative estimate of drug-likeness (QED) is 0.729. The fourth-order valence-electron chi connectivity index (χ4n) is 2.33. The molecule has 0 heterocycles. The molecule has 1 unspecified atom stereocenters. The van der Waals surface area contributed by atoms with Crippen molar-refractivity contribution < 1.29 is 9.84 Å². The molecule has 1 aliphatic carbocycles. The third-order valence-electron chi connectivity index (χ3n) is 3.37. The molecule has 1 atom stereocenters. The van der Waals surface area contributed by atoms with Crippen LogP contribution in [0.25, 0.3) is 0 Å². The first-order valence-corrected chi connectivity index (χ1v) is 6.09. The van der Waals surface area contributed by atoms with Gasteiger partial charge in [0.05, 0.1) is 12.7 Å². The average Bonchev–Trinajstić information content (AvgIpc) is 2.27. The van der Waals surface area contributed by atoms with Crippen LogP contribution in [-0.2, 0) is 4.74 Å². The summed E-state index contributed by atoms with van der Waals surface area (Å²) in [5.41, 5.74) is 0. The van der Waals surface area contributed by atoms with E-state index in [9.17, 15) is 5.11 Å². The van der Waals surface area contributed by atoms with Crippen LogP contribution < -0.4 is 0 Å². The molecule has 1 saturated carbocycles. The molecule has 0 saturated heterocycles. The molecule has 1 rings (SSSR count). The molecule has 0 aliphatic heterocycles. The molecule has 0 spiro atoms. The van der Waals surface area contributed by atoms with Crippen molar-refractivity contribution in [1.82, 2.24) is 4.90 Å². The Balaban J connectivity index is 2.17. The Morgan fingerprint density at radius 3 is 2.60 bits per heavy atom. The standard InChI is InChI=1S/C12H25NO2/c1-13(8-9-15-2)10-12(14)11-6-4-3-5-7-11/h11-12,14H,3-10H2,1-2H3. The first-order chi connectivity index (χ1) is 7.24. The highest BCUT2D eigenvalue weighted by molar-refractivity contribution is 4.75. The maximum atomic E-state index is 10.1. The van der Waals surface area contributed by atoms with Crippen LogP contribution in [0.1, 0.15) is 32.1 Å². The number of rotatable bonds is 6. The van der Waals surface area contributed by atoms with Gasteiger partial charge in [-0.2, -0.15) is 0 Å². The molecular weight excluding hydrogens is 190 g/mol. The molecule has 15 heavy (non-hydrogen) atoms. The van der Waals surface area contributed by atoms with Gasteiger partial charge in [0.25, 0.3) is 0 Å². The van der Waals surface area contributed by atoms with Gasteiger partial charge in [-0.3, -0.25) is 0 Å². The molecular formula is C12H25NO2. The summed E-state index contributed by atoms with van der Waals surface area (Å²) in [6.07, 6.45) is 6.21. The van der Waals surface area contributed by atoms with Crippen LogP contribution in [-0.4, -0.2) is 50.0 Å². The van der Waals surface area contributed by atoms with Crippen molar-refractivity contribution in [2.45, 2.75) is 38.2 Å². The van der Waals surface area contributed by atoms with E-state index in [1.807, 2.05) is 7.05 Å². The summed E-state index contributed by atoms with van der Waals surface area (Å²) >= 11 is 0. The summed E-state index contributed by atoms with van der Waals surface area (Å²) in [5, 5.41) is 10.1. The third kappa shape index (κ3) is 4.96. The van der Waals surface area contributed by atoms with Crippen LogP contribution in [0, 0.1) is 5.92 Å². The summed E-state index contributed by atoms with van der Waals surface area (Å²) in [6, 6.07) is 0. The van der Waals surface area contributed by atoms with Gasteiger partial charge in [-0.05, 0) is 25.8 Å². The minimum absolute atomic E-state index is 0.146. The van der Waals surface area contributed by atoms with Crippen molar-refractivity contribution in [2.24, 2.45) is 5.92 Å². The molecule has 0 radical (unpaired) electrons. The predicted octanol–water partition coefficient (Wildman–Crippen LogP) is 1.51. The maximum absolute atomic E-state index is 10.1. The highest BCUT2D eigenvalue weighted by atomic mass is 16.5. The Labute approximate surface area is 93.4 Å². The van der Waals surface area contributed by atoms with Gasteiger partial charge in [-0.25, -0.2) is 0 Å². The van der Waals surface area contributed by atoms with Crippen molar-refractivity contribution in [3.63, 3.8) is 0 Å². The summed E-state index contributed by atoms with van der Waals surface area (Å²) in [4.78, 5) is 2.16. The normalized spacial score (nSPS) is 20.8. The van der Waals surface area contributed by atoms with E-state index in [-0.39, 0.29) is 6.10 Å². The van der Waals surface area contributed by atoms with Crippen molar-refractivity contribution in [2.75, 3.05) is 33.9 Å². The van der Waals surface area contributed by atoms with E-state index in [1.165, 1.54) is 32.1 Å². The van der Waals surface area contributed by atoms with Crippen molar-refractivity contribution in [1.29, 1.82) is 0 Å². The minimum Gasteiger partial charge on any atom is -0.392 e. The lowest BCUT2D eigenvalue weighted by molar-refractivity contribution is 0.0476. The summed E-state index contributed by atoms with van der Waals surface area (Å²) in [6.45, 7) is 2.43. The summed E-state index contributed by atoms with van der Waals surface area (Å²) in [7, 11) is 3.76. The summed E-state index contributed by atoms with van der Waals surface area (Å²) < 4.78 is 5.02. The van der Waals surface area contributed by atoms with E-state index in [2.05, 4.69) is 4.90 Å². The van der Waals surface area contributed by atoms with Gasteiger partial charge in [0.1, 0.15) is 0 Å². The Kier molecular flexibility index (Phi) is 6.22. The zero-order chi connectivity index (χ0) is 11.1. The number of aliphatic hydroxyl groups is 1. The van der Waals surface area contributed by atoms with Crippen molar-refractivity contribution >= 4 is 0 Å². The van der Waals surface area contributed by atoms with Crippen LogP contribution in [0.5, 0.6) is 0 Å². The van der Waals surface area contributed by atoms with Gasteiger partial charge >= 0.3 is 0 Å². The number of hydrogen-bond donors (Lipinski definition) is 1. The smallest absolute Gasteiger partial charge is 0.0695 e. The van der Waals surface area contributed by atoms with E-state index in [4.69, 9.17) is 4.74 Å². The zero-order valence-electron chi connectivity index (χ0n) is 10.1. The molecule has 1 fully saturated rings. The Morgan fingerprint density at radius 1 is 1.33 bits per heavy atom. The zero-order valence-corrected chi connectivity index (χ0v) is 10.1. The summed E-state index contributed by atoms with van der Waals surface area (Å²) in [5.74, 6) is 0.531. The molecule has 3 nitrogen and oxygen atoms in total. The second kappa shape index (κ2) is 7.20. The molecule has 90 valence electrons. The molecule has 0 aromatic rings. The second-order valence-corrected chi connectivity index (χ2v) is 4.72. The van der Waals surface area contributed by atoms with Crippen LogP contribution in [0.3, 0.4) is 0 Å². The fourth-order valence-corrected chi connectivity index (χ4v) is 2.33. The van der Waals surface area contributed by atoms with Crippen LogP contribution in [0.15, 0.2) is 0 Å². The van der Waals surface area contributed by atoms with Gasteiger partial charge in [0.2, 0.25) is 0 Å². The SMILES string of the molecule is COCCN(C)CC(O)C1CCCCC1. The monoisotopic (exact) mass is 215 g/mol. The third-order valence-corrected chi connectivity index (χ3v) is 3.37. The van der Waals surface area contributed by atoms with Crippen molar-refractivity contribution in [3.05, 3.63) is 0 Å². The highest BCUT2D eigenvalue weighted by Gasteiger charge is 2.22. The second-order valence-electron chi connectivity index (χ2n) is 4.72. The van der Waals surface area contributed by atoms with Crippen LogP contribution >= 0.6 is 0 Å². The lowest BCUT2D eigenvalue weighted by atomic mass is 9.85. The Bertz CT molecular complexity index is 158. The van der Waals surface area contributed by atoms with E-state index in [0.29, 0.717) is 5.92 Å². The number of likely N-dealkylation sites (N-methyl/N-ethyl adjacent to an activating group) is 1. The molecule has 1 N–H and O–H groups in total. The van der Waals surface area contributed by atoms with E-state index in [1.54, 1.807) is 7.11 Å². The highest BCUT2D eigenvalue weighted by Crippen LogP contribution is 2.26. The first-order valence-electron chi connectivity index (χ1n) is 6.09. The minimum atomic E-state index is -0.146. The molecule has 0 amide bonds. The lowest BCUT2D eigenvalue weighted by Gasteiger charge is -2.29. The van der Waals surface area contributed by atoms with Crippen molar-refractivity contribution in [3.8, 4) is 0 Å². The maximum Gasteiger partial charge on any atom is 0.0695 e. The molecule has 0 aromatic heterocycles. The average molecular weight is 215 g/mol. The Morgan fingerprint density at radius 2 is 2.00 bits per heavy atom. The van der Waals surface area contributed by atoms with E-state index < -0.39 is 0 Å². The number of methoxy groups -OCH3 is 1. The number of nitrogens with zero attached hydrogens (tertiary/aromatic N) is 1. The van der Waals surface area contributed by atoms with Gasteiger partial charge in [-0.1, -0.05) is 19.3 Å². The number of ether oxygens (including phenoxy) is 1. The Hall–Kier alpha value is -0.120. The van der Waals surface area contributed by atoms with E-state index in [0.717, 1.165) is 19.7 Å². The van der Waals surface area contributed by atoms with Gasteiger partial charge < -0.3 is 14.7 Å². The largest absolute Gasteiger partial charge is 0.392 e. The molecule has 0 aromatic carbocycles. The molecule has 1 aliphatic rings. The van der Waals surface area contributed by atoms with Gasteiger partial charge in [0, 0.05) is 20.2 Å². The van der Waals surface area contributed by atoms with Crippen LogP contribution in [0.2, 0.25) is 0 Å². The topological polar surface area (TPSA) is 32.7 Å². The van der Waals surface area contributed by atoms with Gasteiger partial charge in [-0.15, -0.1) is 0 Å². The van der Waals surface area contributed by atoms with Crippen LogP contribution in [0.4, 0.5) is 0 Å².